The Bertz CT molecular complexity index is 522. The van der Waals surface area contributed by atoms with E-state index in [0.29, 0.717) is 12.2 Å². The summed E-state index contributed by atoms with van der Waals surface area (Å²) in [6, 6.07) is 7.53. The maximum Gasteiger partial charge on any atom is 0.338 e. The van der Waals surface area contributed by atoms with Crippen molar-refractivity contribution in [1.29, 1.82) is 0 Å². The number of benzene rings is 1. The zero-order chi connectivity index (χ0) is 20.3. The van der Waals surface area contributed by atoms with Crippen molar-refractivity contribution in [3.8, 4) is 0 Å². The van der Waals surface area contributed by atoms with Gasteiger partial charge in [0.2, 0.25) is 0 Å². The Labute approximate surface area is 173 Å². The number of ether oxygens (including phenoxy) is 1. The minimum Gasteiger partial charge on any atom is -0.462 e. The van der Waals surface area contributed by atoms with Crippen molar-refractivity contribution in [3.05, 3.63) is 42.0 Å². The topological polar surface area (TPSA) is 38.3 Å². The van der Waals surface area contributed by atoms with E-state index in [9.17, 15) is 4.79 Å². The fraction of sp³-hybridized carbons (Fsp3) is 0.640. The molecule has 1 rings (SSSR count). The van der Waals surface area contributed by atoms with Crippen molar-refractivity contribution in [2.24, 2.45) is 0 Å². The highest BCUT2D eigenvalue weighted by Crippen LogP contribution is 2.12. The van der Waals surface area contributed by atoms with E-state index in [4.69, 9.17) is 4.74 Å². The first-order valence-electron chi connectivity index (χ1n) is 11.4. The smallest absolute Gasteiger partial charge is 0.338 e. The molecule has 158 valence electrons. The molecule has 0 heterocycles. The van der Waals surface area contributed by atoms with Crippen LogP contribution >= 0.6 is 0 Å². The van der Waals surface area contributed by atoms with E-state index in [1.54, 1.807) is 0 Å². The number of allylic oxidation sites excluding steroid dienone is 2. The molecule has 28 heavy (non-hydrogen) atoms. The van der Waals surface area contributed by atoms with Crippen LogP contribution in [-0.4, -0.2) is 19.1 Å². The van der Waals surface area contributed by atoms with Crippen LogP contribution in [0.25, 0.3) is 0 Å². The van der Waals surface area contributed by atoms with E-state index in [1.165, 1.54) is 77.0 Å². The molecule has 1 aromatic carbocycles. The number of anilines is 1. The molecule has 0 aliphatic rings. The van der Waals surface area contributed by atoms with Crippen LogP contribution in [0, 0.1) is 0 Å². The van der Waals surface area contributed by atoms with Crippen LogP contribution in [0.2, 0.25) is 0 Å². The SMILES string of the molecule is CCCCCCC=CCCCCCCCCNc1ccc(C(=O)OCC)cc1. The highest BCUT2D eigenvalue weighted by molar-refractivity contribution is 5.89. The summed E-state index contributed by atoms with van der Waals surface area (Å²) < 4.78 is 5.00. The molecule has 0 aliphatic heterocycles. The van der Waals surface area contributed by atoms with Gasteiger partial charge >= 0.3 is 5.97 Å². The quantitative estimate of drug-likeness (QED) is 0.170. The molecule has 0 spiro atoms. The van der Waals surface area contributed by atoms with Gasteiger partial charge < -0.3 is 10.1 Å². The van der Waals surface area contributed by atoms with Crippen LogP contribution < -0.4 is 5.32 Å². The van der Waals surface area contributed by atoms with Gasteiger partial charge in [-0.1, -0.05) is 64.0 Å². The lowest BCUT2D eigenvalue weighted by molar-refractivity contribution is 0.0526. The van der Waals surface area contributed by atoms with E-state index < -0.39 is 0 Å². The number of esters is 1. The molecule has 3 nitrogen and oxygen atoms in total. The van der Waals surface area contributed by atoms with E-state index >= 15 is 0 Å². The Hall–Kier alpha value is -1.77. The molecule has 0 saturated carbocycles. The van der Waals surface area contributed by atoms with Crippen molar-refractivity contribution >= 4 is 11.7 Å². The molecule has 0 atom stereocenters. The van der Waals surface area contributed by atoms with Crippen molar-refractivity contribution < 1.29 is 9.53 Å². The fourth-order valence-corrected chi connectivity index (χ4v) is 3.19. The van der Waals surface area contributed by atoms with Crippen LogP contribution in [0.5, 0.6) is 0 Å². The third-order valence-electron chi connectivity index (χ3n) is 4.91. The first-order chi connectivity index (χ1) is 13.8. The number of hydrogen-bond donors (Lipinski definition) is 1. The van der Waals surface area contributed by atoms with Gasteiger partial charge in [0.05, 0.1) is 12.2 Å². The third kappa shape index (κ3) is 12.6. The van der Waals surface area contributed by atoms with Gasteiger partial charge in [-0.15, -0.1) is 0 Å². The number of rotatable bonds is 17. The molecule has 0 aliphatic carbocycles. The maximum atomic E-state index is 11.6. The second-order valence-corrected chi connectivity index (χ2v) is 7.46. The average molecular weight is 388 g/mol. The van der Waals surface area contributed by atoms with E-state index in [1.807, 2.05) is 31.2 Å². The summed E-state index contributed by atoms with van der Waals surface area (Å²) in [6.07, 6.45) is 20.5. The molecule has 0 radical (unpaired) electrons. The predicted octanol–water partition coefficient (Wildman–Crippen LogP) is 7.53. The Balaban J connectivity index is 1.92. The van der Waals surface area contributed by atoms with Gasteiger partial charge in [-0.25, -0.2) is 4.79 Å². The summed E-state index contributed by atoms with van der Waals surface area (Å²) in [7, 11) is 0. The van der Waals surface area contributed by atoms with Gasteiger partial charge in [-0.2, -0.15) is 0 Å². The Kier molecular flexibility index (Phi) is 15.0. The molecule has 0 aromatic heterocycles. The monoisotopic (exact) mass is 387 g/mol. The zero-order valence-electron chi connectivity index (χ0n) is 18.2. The predicted molar refractivity (Wildman–Crippen MR) is 121 cm³/mol. The summed E-state index contributed by atoms with van der Waals surface area (Å²) in [5.41, 5.74) is 1.67. The first-order valence-corrected chi connectivity index (χ1v) is 11.4. The molecule has 0 saturated heterocycles. The number of nitrogens with one attached hydrogen (secondary N) is 1. The van der Waals surface area contributed by atoms with Gasteiger partial charge in [0.15, 0.2) is 0 Å². The lowest BCUT2D eigenvalue weighted by Gasteiger charge is -2.07. The molecular weight excluding hydrogens is 346 g/mol. The number of hydrogen-bond acceptors (Lipinski definition) is 3. The third-order valence-corrected chi connectivity index (χ3v) is 4.91. The van der Waals surface area contributed by atoms with Crippen LogP contribution in [-0.2, 0) is 4.74 Å². The van der Waals surface area contributed by atoms with Crippen LogP contribution in [0.1, 0.15) is 101 Å². The molecule has 1 aromatic rings. The number of carbonyl (C=O) groups excluding carboxylic acids is 1. The van der Waals surface area contributed by atoms with Crippen molar-refractivity contribution in [1.82, 2.24) is 0 Å². The Morgan fingerprint density at radius 3 is 2.00 bits per heavy atom. The summed E-state index contributed by atoms with van der Waals surface area (Å²) in [4.78, 5) is 11.6. The Morgan fingerprint density at radius 2 is 1.39 bits per heavy atom. The second-order valence-electron chi connectivity index (χ2n) is 7.46. The number of unbranched alkanes of at least 4 members (excludes halogenated alkanes) is 10. The van der Waals surface area contributed by atoms with E-state index in [2.05, 4.69) is 24.4 Å². The molecule has 0 unspecified atom stereocenters. The summed E-state index contributed by atoms with van der Waals surface area (Å²) >= 11 is 0. The lowest BCUT2D eigenvalue weighted by atomic mass is 10.1. The van der Waals surface area contributed by atoms with Gasteiger partial charge in [-0.05, 0) is 63.3 Å². The van der Waals surface area contributed by atoms with Crippen molar-refractivity contribution in [3.63, 3.8) is 0 Å². The minimum absolute atomic E-state index is 0.253. The van der Waals surface area contributed by atoms with Crippen LogP contribution in [0.15, 0.2) is 36.4 Å². The van der Waals surface area contributed by atoms with Crippen molar-refractivity contribution in [2.75, 3.05) is 18.5 Å². The maximum absolute atomic E-state index is 11.6. The summed E-state index contributed by atoms with van der Waals surface area (Å²) in [6.45, 7) is 5.48. The first kappa shape index (κ1) is 24.3. The normalized spacial score (nSPS) is 11.1. The highest BCUT2D eigenvalue weighted by atomic mass is 16.5. The minimum atomic E-state index is -0.253. The van der Waals surface area contributed by atoms with Gasteiger partial charge in [-0.3, -0.25) is 0 Å². The van der Waals surface area contributed by atoms with Gasteiger partial charge in [0.1, 0.15) is 0 Å². The molecular formula is C25H41NO2. The van der Waals surface area contributed by atoms with E-state index in [-0.39, 0.29) is 5.97 Å². The molecule has 0 amide bonds. The second kappa shape index (κ2) is 17.3. The van der Waals surface area contributed by atoms with Crippen molar-refractivity contribution in [2.45, 2.75) is 90.9 Å². The number of carbonyl (C=O) groups is 1. The molecule has 0 fully saturated rings. The lowest BCUT2D eigenvalue weighted by Crippen LogP contribution is -2.05. The summed E-state index contributed by atoms with van der Waals surface area (Å²) in [5.74, 6) is -0.253. The van der Waals surface area contributed by atoms with Gasteiger partial charge in [0.25, 0.3) is 0 Å². The average Bonchev–Trinajstić information content (AvgIpc) is 2.71. The Morgan fingerprint density at radius 1 is 0.821 bits per heavy atom. The molecule has 3 heteroatoms. The summed E-state index contributed by atoms with van der Waals surface area (Å²) in [5, 5.41) is 3.42. The van der Waals surface area contributed by atoms with Crippen LogP contribution in [0.4, 0.5) is 5.69 Å². The highest BCUT2D eigenvalue weighted by Gasteiger charge is 2.05. The molecule has 0 bridgehead atoms. The zero-order valence-corrected chi connectivity index (χ0v) is 18.2. The fourth-order valence-electron chi connectivity index (χ4n) is 3.19. The van der Waals surface area contributed by atoms with Gasteiger partial charge in [0, 0.05) is 12.2 Å². The molecule has 1 N–H and O–H groups in total. The standard InChI is InChI=1S/C25H41NO2/c1-3-5-6-7-8-9-10-11-12-13-14-15-16-17-22-26-24-20-18-23(19-21-24)25(27)28-4-2/h9-10,18-21,26H,3-8,11-17,22H2,1-2H3. The van der Waals surface area contributed by atoms with E-state index in [0.717, 1.165) is 12.2 Å². The largest absolute Gasteiger partial charge is 0.462 e. The van der Waals surface area contributed by atoms with Crippen LogP contribution in [0.3, 0.4) is 0 Å².